The van der Waals surface area contributed by atoms with Gasteiger partial charge >= 0.3 is 0 Å². The molecule has 5 heteroatoms. The summed E-state index contributed by atoms with van der Waals surface area (Å²) >= 11 is 0. The lowest BCUT2D eigenvalue weighted by atomic mass is 10.1. The van der Waals surface area contributed by atoms with Crippen LogP contribution in [0.3, 0.4) is 0 Å². The lowest BCUT2D eigenvalue weighted by Crippen LogP contribution is -2.27. The lowest BCUT2D eigenvalue weighted by Gasteiger charge is -2.17. The molecule has 0 atom stereocenters. The van der Waals surface area contributed by atoms with Crippen molar-refractivity contribution in [3.8, 4) is 6.07 Å². The number of benzene rings is 1. The van der Waals surface area contributed by atoms with Gasteiger partial charge in [0.05, 0.1) is 24.7 Å². The average Bonchev–Trinajstić information content (AvgIpc) is 2.44. The molecule has 106 valence electrons. The number of nitrogens with zero attached hydrogens (tertiary/aromatic N) is 3. The normalized spacial score (nSPS) is 11.0. The predicted octanol–water partition coefficient (Wildman–Crippen LogP) is 2.45. The van der Waals surface area contributed by atoms with Crippen molar-refractivity contribution in [3.05, 3.63) is 29.3 Å². The number of nitriles is 1. The SMILES string of the molecule is CCC(=O)N(CCC#N)/N=C(\C)c1cc(C)ccc1N. The van der Waals surface area contributed by atoms with E-state index in [4.69, 9.17) is 11.0 Å². The van der Waals surface area contributed by atoms with Crippen molar-refractivity contribution < 1.29 is 4.79 Å². The molecular formula is C15H20N4O. The Morgan fingerprint density at radius 2 is 2.20 bits per heavy atom. The molecule has 5 nitrogen and oxygen atoms in total. The first-order valence-electron chi connectivity index (χ1n) is 6.58. The van der Waals surface area contributed by atoms with E-state index in [0.717, 1.165) is 11.1 Å². The molecule has 0 aliphatic carbocycles. The third-order valence-corrected chi connectivity index (χ3v) is 2.90. The Morgan fingerprint density at radius 1 is 1.50 bits per heavy atom. The first kappa shape index (κ1) is 15.7. The molecule has 0 saturated carbocycles. The summed E-state index contributed by atoms with van der Waals surface area (Å²) in [5, 5.41) is 14.3. The van der Waals surface area contributed by atoms with E-state index in [-0.39, 0.29) is 12.3 Å². The van der Waals surface area contributed by atoms with E-state index >= 15 is 0 Å². The molecule has 2 N–H and O–H groups in total. The number of anilines is 1. The number of rotatable bonds is 5. The van der Waals surface area contributed by atoms with Crippen LogP contribution in [0.25, 0.3) is 0 Å². The van der Waals surface area contributed by atoms with Gasteiger partial charge in [0.15, 0.2) is 0 Å². The highest BCUT2D eigenvalue weighted by atomic mass is 16.2. The number of carbonyl (C=O) groups excluding carboxylic acids is 1. The summed E-state index contributed by atoms with van der Waals surface area (Å²) in [6.45, 7) is 5.86. The number of hydrogen-bond donors (Lipinski definition) is 1. The molecule has 0 aromatic heterocycles. The van der Waals surface area contributed by atoms with Gasteiger partial charge in [-0.3, -0.25) is 4.79 Å². The van der Waals surface area contributed by atoms with Gasteiger partial charge in [-0.2, -0.15) is 10.4 Å². The van der Waals surface area contributed by atoms with Crippen molar-refractivity contribution >= 4 is 17.3 Å². The number of hydrazone groups is 1. The maximum absolute atomic E-state index is 11.8. The van der Waals surface area contributed by atoms with E-state index in [9.17, 15) is 4.79 Å². The van der Waals surface area contributed by atoms with Crippen LogP contribution in [0.1, 0.15) is 37.8 Å². The fraction of sp³-hybridized carbons (Fsp3) is 0.400. The molecule has 1 rings (SSSR count). The van der Waals surface area contributed by atoms with Crippen LogP contribution in [-0.2, 0) is 4.79 Å². The summed E-state index contributed by atoms with van der Waals surface area (Å²) in [6.07, 6.45) is 0.608. The van der Waals surface area contributed by atoms with E-state index in [1.54, 1.807) is 6.92 Å². The minimum Gasteiger partial charge on any atom is -0.398 e. The van der Waals surface area contributed by atoms with Crippen molar-refractivity contribution in [3.63, 3.8) is 0 Å². The quantitative estimate of drug-likeness (QED) is 0.507. The predicted molar refractivity (Wildman–Crippen MR) is 80.0 cm³/mol. The molecule has 1 amide bonds. The van der Waals surface area contributed by atoms with Gasteiger partial charge in [-0.1, -0.05) is 18.6 Å². The van der Waals surface area contributed by atoms with Crippen LogP contribution in [0.5, 0.6) is 0 Å². The Labute approximate surface area is 119 Å². The molecule has 0 saturated heterocycles. The molecule has 0 aliphatic heterocycles. The topological polar surface area (TPSA) is 82.5 Å². The molecule has 20 heavy (non-hydrogen) atoms. The minimum absolute atomic E-state index is 0.106. The van der Waals surface area contributed by atoms with Gasteiger partial charge in [-0.05, 0) is 26.0 Å². The third kappa shape index (κ3) is 4.09. The maximum atomic E-state index is 11.8. The van der Waals surface area contributed by atoms with Gasteiger partial charge in [0, 0.05) is 17.7 Å². The smallest absolute Gasteiger partial charge is 0.242 e. The summed E-state index contributed by atoms with van der Waals surface area (Å²) in [5.41, 5.74) is 9.13. The summed E-state index contributed by atoms with van der Waals surface area (Å²) in [6, 6.07) is 7.71. The molecular weight excluding hydrogens is 252 g/mol. The van der Waals surface area contributed by atoms with Crippen LogP contribution < -0.4 is 5.73 Å². The van der Waals surface area contributed by atoms with Crippen molar-refractivity contribution in [1.29, 1.82) is 5.26 Å². The molecule has 0 radical (unpaired) electrons. The lowest BCUT2D eigenvalue weighted by molar-refractivity contribution is -0.130. The average molecular weight is 272 g/mol. The molecule has 0 spiro atoms. The molecule has 1 aromatic carbocycles. The molecule has 0 unspecified atom stereocenters. The monoisotopic (exact) mass is 272 g/mol. The second kappa shape index (κ2) is 7.29. The van der Waals surface area contributed by atoms with E-state index in [2.05, 4.69) is 5.10 Å². The van der Waals surface area contributed by atoms with Crippen LogP contribution in [0.15, 0.2) is 23.3 Å². The first-order valence-corrected chi connectivity index (χ1v) is 6.58. The van der Waals surface area contributed by atoms with Gasteiger partial charge < -0.3 is 5.73 Å². The summed E-state index contributed by atoms with van der Waals surface area (Å²) in [5.74, 6) is -0.106. The van der Waals surface area contributed by atoms with Gasteiger partial charge in [-0.25, -0.2) is 5.01 Å². The number of nitrogen functional groups attached to an aromatic ring is 1. The maximum Gasteiger partial charge on any atom is 0.242 e. The zero-order valence-electron chi connectivity index (χ0n) is 12.2. The standard InChI is InChI=1S/C15H20N4O/c1-4-15(20)19(9-5-8-16)18-12(3)13-10-11(2)6-7-14(13)17/h6-7,10H,4-5,9,17H2,1-3H3/b18-12+. The molecule has 1 aromatic rings. The van der Waals surface area contributed by atoms with E-state index in [0.29, 0.717) is 24.4 Å². The van der Waals surface area contributed by atoms with Crippen LogP contribution in [0, 0.1) is 18.3 Å². The zero-order valence-corrected chi connectivity index (χ0v) is 12.2. The minimum atomic E-state index is -0.106. The molecule has 0 aliphatic rings. The molecule has 0 heterocycles. The van der Waals surface area contributed by atoms with E-state index in [1.165, 1.54) is 5.01 Å². The number of amides is 1. The van der Waals surface area contributed by atoms with Gasteiger partial charge in [0.2, 0.25) is 5.91 Å². The highest BCUT2D eigenvalue weighted by molar-refractivity contribution is 6.03. The van der Waals surface area contributed by atoms with Crippen molar-refractivity contribution in [2.24, 2.45) is 5.10 Å². The highest BCUT2D eigenvalue weighted by Gasteiger charge is 2.12. The second-order valence-corrected chi connectivity index (χ2v) is 4.55. The van der Waals surface area contributed by atoms with Crippen LogP contribution in [0.4, 0.5) is 5.69 Å². The first-order chi connectivity index (χ1) is 9.49. The molecule has 0 bridgehead atoms. The number of carbonyl (C=O) groups is 1. The summed E-state index contributed by atoms with van der Waals surface area (Å²) < 4.78 is 0. The molecule has 0 fully saturated rings. The van der Waals surface area contributed by atoms with Crippen LogP contribution >= 0.6 is 0 Å². The van der Waals surface area contributed by atoms with Crippen molar-refractivity contribution in [2.75, 3.05) is 12.3 Å². The van der Waals surface area contributed by atoms with E-state index in [1.807, 2.05) is 38.1 Å². The van der Waals surface area contributed by atoms with Gasteiger partial charge in [0.25, 0.3) is 0 Å². The number of aryl methyl sites for hydroxylation is 1. The summed E-state index contributed by atoms with van der Waals surface area (Å²) in [4.78, 5) is 11.8. The van der Waals surface area contributed by atoms with Gasteiger partial charge in [-0.15, -0.1) is 0 Å². The number of nitrogens with two attached hydrogens (primary N) is 1. The highest BCUT2D eigenvalue weighted by Crippen LogP contribution is 2.15. The van der Waals surface area contributed by atoms with Crippen molar-refractivity contribution in [1.82, 2.24) is 5.01 Å². The Morgan fingerprint density at radius 3 is 2.80 bits per heavy atom. The van der Waals surface area contributed by atoms with Crippen LogP contribution in [-0.4, -0.2) is 23.2 Å². The van der Waals surface area contributed by atoms with Crippen LogP contribution in [0.2, 0.25) is 0 Å². The summed E-state index contributed by atoms with van der Waals surface area (Å²) in [7, 11) is 0. The fourth-order valence-corrected chi connectivity index (χ4v) is 1.79. The Balaban J connectivity index is 3.06. The second-order valence-electron chi connectivity index (χ2n) is 4.55. The Hall–Kier alpha value is -2.35. The Bertz CT molecular complexity index is 557. The van der Waals surface area contributed by atoms with Gasteiger partial charge in [0.1, 0.15) is 0 Å². The zero-order chi connectivity index (χ0) is 15.1. The Kier molecular flexibility index (Phi) is 5.73. The van der Waals surface area contributed by atoms with Crippen molar-refractivity contribution in [2.45, 2.75) is 33.6 Å². The number of hydrogen-bond acceptors (Lipinski definition) is 4. The third-order valence-electron chi connectivity index (χ3n) is 2.90. The fourth-order valence-electron chi connectivity index (χ4n) is 1.79. The van der Waals surface area contributed by atoms with E-state index < -0.39 is 0 Å². The largest absolute Gasteiger partial charge is 0.398 e.